The van der Waals surface area contributed by atoms with E-state index < -0.39 is 108 Å². The Hall–Kier alpha value is -5.33. The molecule has 0 rings (SSSR count). The maximum absolute atomic E-state index is 13.7. The average Bonchev–Trinajstić information content (AvgIpc) is 3.09. The summed E-state index contributed by atoms with van der Waals surface area (Å²) in [5.74, 6) is -9.36. The molecule has 0 aromatic rings. The number of carbonyl (C=O) groups is 10. The summed E-state index contributed by atoms with van der Waals surface area (Å²) in [5.41, 5.74) is 21.0. The first kappa shape index (κ1) is 50.7. The van der Waals surface area contributed by atoms with E-state index in [9.17, 15) is 53.1 Å². The summed E-state index contributed by atoms with van der Waals surface area (Å²) < 4.78 is 0. The van der Waals surface area contributed by atoms with Gasteiger partial charge in [0, 0.05) is 19.9 Å². The lowest BCUT2D eigenvalue weighted by Crippen LogP contribution is -2.60. The van der Waals surface area contributed by atoms with Gasteiger partial charge in [-0.3, -0.25) is 53.4 Å². The zero-order valence-corrected chi connectivity index (χ0v) is 33.0. The molecule has 0 heterocycles. The number of nitrogens with one attached hydrogen (secondary N) is 8. The average molecular weight is 835 g/mol. The van der Waals surface area contributed by atoms with Crippen molar-refractivity contribution < 1.29 is 53.1 Å². The predicted molar refractivity (Wildman–Crippen MR) is 206 cm³/mol. The number of nitrogens with two attached hydrogens (primary N) is 4. The van der Waals surface area contributed by atoms with Gasteiger partial charge >= 0.3 is 5.97 Å². The monoisotopic (exact) mass is 834 g/mol. The molecule has 0 saturated heterocycles. The van der Waals surface area contributed by atoms with Crippen LogP contribution in [0.25, 0.3) is 0 Å². The predicted octanol–water partition coefficient (Wildman–Crippen LogP) is -5.21. The molecule has 25 heteroatoms. The second-order valence-electron chi connectivity index (χ2n) is 12.3. The number of aliphatic carboxylic acids is 1. The van der Waals surface area contributed by atoms with Crippen LogP contribution in [0.3, 0.4) is 0 Å². The first-order chi connectivity index (χ1) is 26.2. The third-order valence-electron chi connectivity index (χ3n) is 7.56. The van der Waals surface area contributed by atoms with Gasteiger partial charge < -0.3 is 65.3 Å². The highest BCUT2D eigenvalue weighted by Gasteiger charge is 2.34. The van der Waals surface area contributed by atoms with Crippen molar-refractivity contribution in [1.82, 2.24) is 37.2 Å². The molecule has 56 heavy (non-hydrogen) atoms. The summed E-state index contributed by atoms with van der Waals surface area (Å²) in [5, 5.41) is 33.7. The van der Waals surface area contributed by atoms with Gasteiger partial charge in [-0.1, -0.05) is 0 Å². The molecule has 0 aliphatic heterocycles. The second kappa shape index (κ2) is 27.3. The molecule has 17 N–H and O–H groups in total. The SMILES string of the molecule is CSCC[C@H](NC(=O)[C@H](CCCNC(=N)N)NC(=O)[C@H](CCSC)NC(=O)[C@H](CC(=O)O)NC(=O)[C@H](CCC(N)=O)NC(C)=O)C(=O)N[C@@H](CC(N)=O)C(N)=O. The number of thioether (sulfide) groups is 2. The van der Waals surface area contributed by atoms with E-state index in [2.05, 4.69) is 37.2 Å². The molecule has 9 amide bonds. The highest BCUT2D eigenvalue weighted by Crippen LogP contribution is 2.09. The van der Waals surface area contributed by atoms with E-state index in [1.807, 2.05) is 0 Å². The lowest BCUT2D eigenvalue weighted by Gasteiger charge is -2.27. The molecular formula is C31H54N12O11S2. The summed E-state index contributed by atoms with van der Waals surface area (Å²) >= 11 is 2.63. The fourth-order valence-electron chi connectivity index (χ4n) is 4.78. The highest BCUT2D eigenvalue weighted by molar-refractivity contribution is 7.98. The lowest BCUT2D eigenvalue weighted by molar-refractivity contribution is -0.141. The van der Waals surface area contributed by atoms with Crippen LogP contribution in [0.15, 0.2) is 0 Å². The molecule has 316 valence electrons. The molecule has 0 aliphatic carbocycles. The van der Waals surface area contributed by atoms with Crippen molar-refractivity contribution in [3.05, 3.63) is 0 Å². The van der Waals surface area contributed by atoms with E-state index in [-0.39, 0.29) is 56.8 Å². The van der Waals surface area contributed by atoms with Gasteiger partial charge in [-0.05, 0) is 56.1 Å². The first-order valence-electron chi connectivity index (χ1n) is 17.1. The van der Waals surface area contributed by atoms with Crippen LogP contribution >= 0.6 is 23.5 Å². The zero-order chi connectivity index (χ0) is 43.0. The quantitative estimate of drug-likeness (QED) is 0.0190. The van der Waals surface area contributed by atoms with Crippen LogP contribution < -0.4 is 60.2 Å². The third kappa shape index (κ3) is 22.1. The number of carboxylic acid groups (broad SMARTS) is 1. The van der Waals surface area contributed by atoms with Crippen LogP contribution in [0.4, 0.5) is 0 Å². The van der Waals surface area contributed by atoms with Crippen LogP contribution in [0.1, 0.15) is 58.3 Å². The van der Waals surface area contributed by atoms with Crippen LogP contribution in [-0.4, -0.2) is 137 Å². The van der Waals surface area contributed by atoms with Gasteiger partial charge in [-0.15, -0.1) is 0 Å². The standard InChI is InChI=1S/C31H54N12O11S2/c1-15(44)38-17(6-7-22(32)45)27(51)43-21(14-24(47)48)30(54)41-18(8-11-55-2)28(52)39-16(5-4-10-37-31(35)36)26(50)40-19(9-12-56-3)29(53)42-20(25(34)49)13-23(33)46/h16-21H,4-14H2,1-3H3,(H2,32,45)(H2,33,46)(H2,34,49)(H,38,44)(H,39,52)(H,40,50)(H,41,54)(H,42,53)(H,43,51)(H,47,48)(H4,35,36,37)/t16-,17-,18-,19-,20-,21-/m0/s1. The first-order valence-corrected chi connectivity index (χ1v) is 19.9. The van der Waals surface area contributed by atoms with Crippen LogP contribution in [0, 0.1) is 5.41 Å². The van der Waals surface area contributed by atoms with Crippen molar-refractivity contribution in [3.8, 4) is 0 Å². The van der Waals surface area contributed by atoms with Gasteiger partial charge in [-0.25, -0.2) is 0 Å². The minimum Gasteiger partial charge on any atom is -0.481 e. The Labute approximate surface area is 331 Å². The number of amides is 9. The van der Waals surface area contributed by atoms with Gasteiger partial charge in [0.15, 0.2) is 5.96 Å². The van der Waals surface area contributed by atoms with Crippen molar-refractivity contribution in [3.63, 3.8) is 0 Å². The molecule has 0 fully saturated rings. The topological polar surface area (TPSA) is 403 Å². The highest BCUT2D eigenvalue weighted by atomic mass is 32.2. The fourth-order valence-corrected chi connectivity index (χ4v) is 5.72. The molecule has 6 atom stereocenters. The Bertz CT molecular complexity index is 1440. The van der Waals surface area contributed by atoms with Crippen molar-refractivity contribution >= 4 is 88.6 Å². The molecule has 0 radical (unpaired) electrons. The second-order valence-corrected chi connectivity index (χ2v) is 14.3. The molecule has 0 saturated carbocycles. The number of hydrogen-bond acceptors (Lipinski definition) is 13. The van der Waals surface area contributed by atoms with E-state index in [0.717, 1.165) is 6.92 Å². The zero-order valence-electron chi connectivity index (χ0n) is 31.4. The van der Waals surface area contributed by atoms with E-state index in [0.29, 0.717) is 5.75 Å². The molecule has 0 spiro atoms. The van der Waals surface area contributed by atoms with Gasteiger partial charge in [0.1, 0.15) is 36.3 Å². The third-order valence-corrected chi connectivity index (χ3v) is 8.84. The van der Waals surface area contributed by atoms with Crippen LogP contribution in [-0.2, 0) is 47.9 Å². The maximum atomic E-state index is 13.7. The Balaban J connectivity index is 6.41. The van der Waals surface area contributed by atoms with Crippen molar-refractivity contribution in [2.45, 2.75) is 94.5 Å². The van der Waals surface area contributed by atoms with E-state index >= 15 is 0 Å². The van der Waals surface area contributed by atoms with Gasteiger partial charge in [0.25, 0.3) is 0 Å². The van der Waals surface area contributed by atoms with Crippen LogP contribution in [0.5, 0.6) is 0 Å². The van der Waals surface area contributed by atoms with E-state index in [1.54, 1.807) is 12.5 Å². The Morgan fingerprint density at radius 2 is 0.982 bits per heavy atom. The van der Waals surface area contributed by atoms with E-state index in [4.69, 9.17) is 28.3 Å². The number of guanidine groups is 1. The molecule has 0 bridgehead atoms. The Morgan fingerprint density at radius 3 is 1.36 bits per heavy atom. The number of carbonyl (C=O) groups excluding carboxylic acids is 9. The van der Waals surface area contributed by atoms with Crippen molar-refractivity contribution in [1.29, 1.82) is 5.41 Å². The molecule has 0 aromatic heterocycles. The molecule has 0 aromatic carbocycles. The Kier molecular flexibility index (Phi) is 24.7. The summed E-state index contributed by atoms with van der Waals surface area (Å²) in [6.45, 7) is 1.19. The minimum atomic E-state index is -1.76. The molecule has 0 aliphatic rings. The fraction of sp³-hybridized carbons (Fsp3) is 0.645. The maximum Gasteiger partial charge on any atom is 0.305 e. The normalized spacial score (nSPS) is 13.8. The number of primary amides is 3. The minimum absolute atomic E-state index is 0.0348. The largest absolute Gasteiger partial charge is 0.481 e. The summed E-state index contributed by atoms with van der Waals surface area (Å²) in [6.07, 6.45) is 1.40. The van der Waals surface area contributed by atoms with E-state index in [1.165, 1.54) is 23.5 Å². The van der Waals surface area contributed by atoms with Gasteiger partial charge in [-0.2, -0.15) is 23.5 Å². The summed E-state index contributed by atoms with van der Waals surface area (Å²) in [6, 6.07) is -8.63. The molecule has 0 unspecified atom stereocenters. The van der Waals surface area contributed by atoms with Crippen LogP contribution in [0.2, 0.25) is 0 Å². The lowest BCUT2D eigenvalue weighted by atomic mass is 10.1. The molecular weight excluding hydrogens is 781 g/mol. The Morgan fingerprint density at radius 1 is 0.571 bits per heavy atom. The van der Waals surface area contributed by atoms with Crippen molar-refractivity contribution in [2.75, 3.05) is 30.6 Å². The summed E-state index contributed by atoms with van der Waals surface area (Å²) in [4.78, 5) is 125. The number of hydrogen-bond donors (Lipinski definition) is 13. The smallest absolute Gasteiger partial charge is 0.305 e. The number of rotatable bonds is 29. The number of carboxylic acids is 1. The van der Waals surface area contributed by atoms with Crippen molar-refractivity contribution in [2.24, 2.45) is 22.9 Å². The summed E-state index contributed by atoms with van der Waals surface area (Å²) in [7, 11) is 0. The van der Waals surface area contributed by atoms with Gasteiger partial charge in [0.05, 0.1) is 12.8 Å². The molecule has 23 nitrogen and oxygen atoms in total. The van der Waals surface area contributed by atoms with Gasteiger partial charge in [0.2, 0.25) is 53.2 Å².